The van der Waals surface area contributed by atoms with Gasteiger partial charge in [0.15, 0.2) is 0 Å². The molecule has 0 aliphatic heterocycles. The lowest BCUT2D eigenvalue weighted by Crippen LogP contribution is -2.19. The molecule has 0 saturated carbocycles. The Labute approximate surface area is 115 Å². The smallest absolute Gasteiger partial charge is 0.259 e. The predicted molar refractivity (Wildman–Crippen MR) is 81.0 cm³/mol. The number of pyridine rings is 1. The Bertz CT molecular complexity index is 752. The van der Waals surface area contributed by atoms with Gasteiger partial charge < -0.3 is 4.57 Å². The van der Waals surface area contributed by atoms with Crippen LogP contribution in [0.4, 0.5) is 0 Å². The van der Waals surface area contributed by atoms with E-state index in [0.29, 0.717) is 6.54 Å². The molecule has 0 bridgehead atoms. The minimum atomic E-state index is 0.0957. The Morgan fingerprint density at radius 1 is 1.05 bits per heavy atom. The van der Waals surface area contributed by atoms with Crippen LogP contribution in [0, 0.1) is 0 Å². The molecule has 2 aromatic heterocycles. The molecule has 96 valence electrons. The highest BCUT2D eigenvalue weighted by atomic mass is 32.1. The molecule has 2 nitrogen and oxygen atoms in total. The van der Waals surface area contributed by atoms with Gasteiger partial charge in [0.2, 0.25) is 0 Å². The number of benzene rings is 1. The fraction of sp³-hybridized carbons (Fsp3) is 0.188. The van der Waals surface area contributed by atoms with Crippen LogP contribution in [0.5, 0.6) is 0 Å². The van der Waals surface area contributed by atoms with Crippen molar-refractivity contribution < 1.29 is 0 Å². The molecule has 0 N–H and O–H groups in total. The number of nitrogens with zero attached hydrogens (tertiary/aromatic N) is 1. The van der Waals surface area contributed by atoms with Gasteiger partial charge in [0.1, 0.15) is 0 Å². The standard InChI is InChI=1S/C16H15NOS/c1-2-12-3-5-13(6-4-12)11-17-9-7-15-14(16(17)18)8-10-19-15/h3-10H,2,11H2,1H3. The van der Waals surface area contributed by atoms with Crippen LogP contribution < -0.4 is 5.56 Å². The Hall–Kier alpha value is -1.87. The molecule has 0 amide bonds. The van der Waals surface area contributed by atoms with Crippen molar-refractivity contribution >= 4 is 21.4 Å². The van der Waals surface area contributed by atoms with E-state index in [4.69, 9.17) is 0 Å². The molecular formula is C16H15NOS. The summed E-state index contributed by atoms with van der Waals surface area (Å²) in [5.41, 5.74) is 2.58. The number of fused-ring (bicyclic) bond motifs is 1. The summed E-state index contributed by atoms with van der Waals surface area (Å²) >= 11 is 1.61. The zero-order valence-corrected chi connectivity index (χ0v) is 11.6. The third kappa shape index (κ3) is 2.34. The molecule has 0 saturated heterocycles. The summed E-state index contributed by atoms with van der Waals surface area (Å²) in [5, 5.41) is 2.78. The van der Waals surface area contributed by atoms with Gasteiger partial charge in [0.05, 0.1) is 11.9 Å². The largest absolute Gasteiger partial charge is 0.311 e. The van der Waals surface area contributed by atoms with Crippen molar-refractivity contribution in [1.82, 2.24) is 4.57 Å². The van der Waals surface area contributed by atoms with Gasteiger partial charge in [-0.2, -0.15) is 0 Å². The molecule has 3 aromatic rings. The summed E-state index contributed by atoms with van der Waals surface area (Å²) in [7, 11) is 0. The zero-order chi connectivity index (χ0) is 13.2. The van der Waals surface area contributed by atoms with E-state index >= 15 is 0 Å². The van der Waals surface area contributed by atoms with Crippen molar-refractivity contribution in [3.05, 3.63) is 69.5 Å². The predicted octanol–water partition coefficient (Wildman–Crippen LogP) is 3.67. The van der Waals surface area contributed by atoms with Crippen LogP contribution >= 0.6 is 11.3 Å². The molecule has 2 heterocycles. The van der Waals surface area contributed by atoms with Crippen molar-refractivity contribution in [3.8, 4) is 0 Å². The van der Waals surface area contributed by atoms with E-state index in [-0.39, 0.29) is 5.56 Å². The summed E-state index contributed by atoms with van der Waals surface area (Å²) < 4.78 is 2.83. The molecule has 1 aromatic carbocycles. The van der Waals surface area contributed by atoms with Crippen molar-refractivity contribution in [2.75, 3.05) is 0 Å². The van der Waals surface area contributed by atoms with Gasteiger partial charge >= 0.3 is 0 Å². The highest BCUT2D eigenvalue weighted by molar-refractivity contribution is 7.17. The van der Waals surface area contributed by atoms with E-state index in [2.05, 4.69) is 31.2 Å². The Kier molecular flexibility index (Phi) is 3.22. The summed E-state index contributed by atoms with van der Waals surface area (Å²) in [4.78, 5) is 12.3. The van der Waals surface area contributed by atoms with Gasteiger partial charge in [-0.1, -0.05) is 31.2 Å². The van der Waals surface area contributed by atoms with Crippen LogP contribution in [-0.4, -0.2) is 4.57 Å². The van der Waals surface area contributed by atoms with Gasteiger partial charge in [0.25, 0.3) is 5.56 Å². The molecule has 0 atom stereocenters. The monoisotopic (exact) mass is 269 g/mol. The van der Waals surface area contributed by atoms with Crippen LogP contribution in [0.25, 0.3) is 10.1 Å². The number of aryl methyl sites for hydroxylation is 1. The highest BCUT2D eigenvalue weighted by Gasteiger charge is 2.04. The maximum atomic E-state index is 12.3. The molecule has 0 radical (unpaired) electrons. The first-order chi connectivity index (χ1) is 9.28. The minimum Gasteiger partial charge on any atom is -0.311 e. The average molecular weight is 269 g/mol. The Balaban J connectivity index is 1.95. The fourth-order valence-electron chi connectivity index (χ4n) is 2.21. The minimum absolute atomic E-state index is 0.0957. The zero-order valence-electron chi connectivity index (χ0n) is 10.8. The third-order valence-corrected chi connectivity index (χ3v) is 4.26. The lowest BCUT2D eigenvalue weighted by Gasteiger charge is -2.06. The van der Waals surface area contributed by atoms with Crippen LogP contribution in [0.1, 0.15) is 18.1 Å². The van der Waals surface area contributed by atoms with E-state index in [1.54, 1.807) is 15.9 Å². The number of hydrogen-bond acceptors (Lipinski definition) is 2. The molecule has 0 unspecified atom stereocenters. The average Bonchev–Trinajstić information content (AvgIpc) is 2.92. The summed E-state index contributed by atoms with van der Waals surface area (Å²) in [6.45, 7) is 2.78. The lowest BCUT2D eigenvalue weighted by molar-refractivity contribution is 0.768. The van der Waals surface area contributed by atoms with Crippen molar-refractivity contribution in [2.45, 2.75) is 19.9 Å². The summed E-state index contributed by atoms with van der Waals surface area (Å²) in [5.74, 6) is 0. The fourth-order valence-corrected chi connectivity index (χ4v) is 2.98. The highest BCUT2D eigenvalue weighted by Crippen LogP contribution is 2.16. The van der Waals surface area contributed by atoms with Crippen molar-refractivity contribution in [1.29, 1.82) is 0 Å². The van der Waals surface area contributed by atoms with Gasteiger partial charge in [-0.15, -0.1) is 11.3 Å². The molecule has 19 heavy (non-hydrogen) atoms. The second-order valence-corrected chi connectivity index (χ2v) is 5.57. The van der Waals surface area contributed by atoms with E-state index < -0.39 is 0 Å². The number of hydrogen-bond donors (Lipinski definition) is 0. The SMILES string of the molecule is CCc1ccc(Cn2ccc3sccc3c2=O)cc1. The van der Waals surface area contributed by atoms with E-state index in [1.807, 2.05) is 23.7 Å². The first kappa shape index (κ1) is 12.2. The van der Waals surface area contributed by atoms with Gasteiger partial charge in [0, 0.05) is 10.9 Å². The van der Waals surface area contributed by atoms with Crippen LogP contribution in [0.2, 0.25) is 0 Å². The third-order valence-electron chi connectivity index (χ3n) is 3.38. The normalized spacial score (nSPS) is 11.0. The molecule has 0 aliphatic carbocycles. The second kappa shape index (κ2) is 5.02. The first-order valence-electron chi connectivity index (χ1n) is 6.42. The maximum Gasteiger partial charge on any atom is 0.259 e. The number of rotatable bonds is 3. The Morgan fingerprint density at radius 2 is 1.79 bits per heavy atom. The lowest BCUT2D eigenvalue weighted by atomic mass is 10.1. The number of thiophene rings is 1. The van der Waals surface area contributed by atoms with Crippen LogP contribution in [0.15, 0.2) is 52.8 Å². The van der Waals surface area contributed by atoms with Crippen LogP contribution in [0.3, 0.4) is 0 Å². The molecule has 3 rings (SSSR count). The van der Waals surface area contributed by atoms with E-state index in [0.717, 1.165) is 22.1 Å². The van der Waals surface area contributed by atoms with Crippen LogP contribution in [-0.2, 0) is 13.0 Å². The van der Waals surface area contributed by atoms with Gasteiger partial charge in [-0.05, 0) is 35.1 Å². The summed E-state index contributed by atoms with van der Waals surface area (Å²) in [6.07, 6.45) is 2.93. The molecule has 0 spiro atoms. The first-order valence-corrected chi connectivity index (χ1v) is 7.30. The number of aromatic nitrogens is 1. The maximum absolute atomic E-state index is 12.3. The van der Waals surface area contributed by atoms with Crippen molar-refractivity contribution in [2.24, 2.45) is 0 Å². The van der Waals surface area contributed by atoms with Gasteiger partial charge in [-0.25, -0.2) is 0 Å². The Morgan fingerprint density at radius 3 is 2.53 bits per heavy atom. The van der Waals surface area contributed by atoms with E-state index in [9.17, 15) is 4.79 Å². The van der Waals surface area contributed by atoms with E-state index in [1.165, 1.54) is 5.56 Å². The summed E-state index contributed by atoms with van der Waals surface area (Å²) in [6, 6.07) is 12.4. The molecule has 3 heteroatoms. The molecule has 0 fully saturated rings. The van der Waals surface area contributed by atoms with Crippen molar-refractivity contribution in [3.63, 3.8) is 0 Å². The topological polar surface area (TPSA) is 22.0 Å². The molecule has 0 aliphatic rings. The van der Waals surface area contributed by atoms with Gasteiger partial charge in [-0.3, -0.25) is 4.79 Å². The molecular weight excluding hydrogens is 254 g/mol. The quantitative estimate of drug-likeness (QED) is 0.711. The second-order valence-electron chi connectivity index (χ2n) is 4.62.